The van der Waals surface area contributed by atoms with Crippen LogP contribution in [-0.4, -0.2) is 23.8 Å². The summed E-state index contributed by atoms with van der Waals surface area (Å²) in [6.07, 6.45) is 3.26. The minimum Gasteiger partial charge on any atom is -0.459 e. The number of carbonyl (C=O) groups excluding carboxylic acids is 1. The Morgan fingerprint density at radius 2 is 2.36 bits per heavy atom. The lowest BCUT2D eigenvalue weighted by Gasteiger charge is -2.08. The molecule has 1 N–H and O–H groups in total. The van der Waals surface area contributed by atoms with Gasteiger partial charge in [-0.2, -0.15) is 0 Å². The van der Waals surface area contributed by atoms with Gasteiger partial charge in [0.25, 0.3) is 0 Å². The summed E-state index contributed by atoms with van der Waals surface area (Å²) < 4.78 is 4.85. The van der Waals surface area contributed by atoms with Crippen molar-refractivity contribution < 1.29 is 14.6 Å². The third-order valence-corrected chi connectivity index (χ3v) is 1.16. The Hall–Kier alpha value is -0.830. The van der Waals surface area contributed by atoms with Gasteiger partial charge >= 0.3 is 5.97 Å². The minimum atomic E-state index is -0.353. The molecule has 0 amide bonds. The maximum absolute atomic E-state index is 10.7. The molecule has 3 nitrogen and oxygen atoms in total. The van der Waals surface area contributed by atoms with Gasteiger partial charge < -0.3 is 9.84 Å². The largest absolute Gasteiger partial charge is 0.459 e. The highest BCUT2D eigenvalue weighted by Gasteiger charge is 2.04. The predicted octanol–water partition coefficient (Wildman–Crippen LogP) is 0.877. The van der Waals surface area contributed by atoms with Gasteiger partial charge in [-0.1, -0.05) is 6.08 Å². The van der Waals surface area contributed by atoms with E-state index >= 15 is 0 Å². The van der Waals surface area contributed by atoms with Gasteiger partial charge in [-0.25, -0.2) is 4.79 Å². The fourth-order valence-electron chi connectivity index (χ4n) is 0.614. The first-order valence-corrected chi connectivity index (χ1v) is 3.65. The van der Waals surface area contributed by atoms with Crippen LogP contribution in [0.15, 0.2) is 12.2 Å². The molecule has 3 heteroatoms. The normalized spacial score (nSPS) is 13.4. The van der Waals surface area contributed by atoms with Gasteiger partial charge in [-0.05, 0) is 13.8 Å². The van der Waals surface area contributed by atoms with Gasteiger partial charge in [-0.3, -0.25) is 0 Å². The molecular formula is C8H14O3. The van der Waals surface area contributed by atoms with E-state index in [0.29, 0.717) is 6.42 Å². The van der Waals surface area contributed by atoms with E-state index in [1.807, 2.05) is 0 Å². The number of hydrogen-bond donors (Lipinski definition) is 1. The fourth-order valence-corrected chi connectivity index (χ4v) is 0.614. The van der Waals surface area contributed by atoms with Crippen molar-refractivity contribution in [2.45, 2.75) is 26.4 Å². The van der Waals surface area contributed by atoms with Gasteiger partial charge in [-0.15, -0.1) is 0 Å². The summed E-state index contributed by atoms with van der Waals surface area (Å²) in [6.45, 7) is 3.54. The SMILES string of the molecule is C/C=C\C(=O)OC(C)CCO. The summed E-state index contributed by atoms with van der Waals surface area (Å²) in [4.78, 5) is 10.7. The van der Waals surface area contributed by atoms with E-state index in [9.17, 15) is 4.79 Å². The number of aliphatic hydroxyl groups excluding tert-OH is 1. The van der Waals surface area contributed by atoms with Crippen molar-refractivity contribution in [3.05, 3.63) is 12.2 Å². The van der Waals surface area contributed by atoms with Crippen LogP contribution in [0.5, 0.6) is 0 Å². The number of allylic oxidation sites excluding steroid dienone is 1. The lowest BCUT2D eigenvalue weighted by atomic mass is 10.3. The lowest BCUT2D eigenvalue weighted by molar-refractivity contribution is -0.142. The van der Waals surface area contributed by atoms with Crippen LogP contribution in [0.4, 0.5) is 0 Å². The molecule has 0 saturated heterocycles. The molecule has 0 aliphatic heterocycles. The number of aliphatic hydroxyl groups is 1. The molecule has 0 aromatic rings. The third kappa shape index (κ3) is 5.61. The van der Waals surface area contributed by atoms with Gasteiger partial charge in [0.05, 0.1) is 0 Å². The predicted molar refractivity (Wildman–Crippen MR) is 42.1 cm³/mol. The molecule has 0 heterocycles. The Bertz CT molecular complexity index is 140. The molecule has 0 aromatic heterocycles. The van der Waals surface area contributed by atoms with E-state index in [-0.39, 0.29) is 18.7 Å². The molecule has 0 fully saturated rings. The van der Waals surface area contributed by atoms with Crippen LogP contribution < -0.4 is 0 Å². The Kier molecular flexibility index (Phi) is 5.47. The maximum atomic E-state index is 10.7. The average molecular weight is 158 g/mol. The van der Waals surface area contributed by atoms with Crippen LogP contribution >= 0.6 is 0 Å². The number of esters is 1. The van der Waals surface area contributed by atoms with Crippen LogP contribution in [0.1, 0.15) is 20.3 Å². The van der Waals surface area contributed by atoms with E-state index in [2.05, 4.69) is 0 Å². The zero-order valence-electron chi connectivity index (χ0n) is 6.91. The Morgan fingerprint density at radius 1 is 1.73 bits per heavy atom. The molecular weight excluding hydrogens is 144 g/mol. The van der Waals surface area contributed by atoms with Crippen LogP contribution in [0.3, 0.4) is 0 Å². The first-order valence-electron chi connectivity index (χ1n) is 3.65. The minimum absolute atomic E-state index is 0.0459. The molecule has 0 aliphatic carbocycles. The van der Waals surface area contributed by atoms with Crippen LogP contribution in [0.2, 0.25) is 0 Å². The summed E-state index contributed by atoms with van der Waals surface area (Å²) in [5.41, 5.74) is 0. The number of rotatable bonds is 4. The zero-order chi connectivity index (χ0) is 8.69. The molecule has 0 aliphatic rings. The zero-order valence-corrected chi connectivity index (χ0v) is 6.91. The highest BCUT2D eigenvalue weighted by Crippen LogP contribution is 1.96. The maximum Gasteiger partial charge on any atom is 0.330 e. The number of carbonyl (C=O) groups is 1. The van der Waals surface area contributed by atoms with Crippen molar-refractivity contribution in [2.24, 2.45) is 0 Å². The van der Waals surface area contributed by atoms with Gasteiger partial charge in [0, 0.05) is 19.1 Å². The average Bonchev–Trinajstić information content (AvgIpc) is 1.87. The fraction of sp³-hybridized carbons (Fsp3) is 0.625. The van der Waals surface area contributed by atoms with Crippen molar-refractivity contribution in [1.29, 1.82) is 0 Å². The lowest BCUT2D eigenvalue weighted by Crippen LogP contribution is -2.14. The molecule has 0 bridgehead atoms. The topological polar surface area (TPSA) is 46.5 Å². The summed E-state index contributed by atoms with van der Waals surface area (Å²) in [5, 5.41) is 8.47. The molecule has 0 spiro atoms. The molecule has 0 aromatic carbocycles. The van der Waals surface area contributed by atoms with Crippen LogP contribution in [0.25, 0.3) is 0 Å². The quantitative estimate of drug-likeness (QED) is 0.488. The molecule has 64 valence electrons. The first-order chi connectivity index (χ1) is 5.20. The smallest absolute Gasteiger partial charge is 0.330 e. The first kappa shape index (κ1) is 10.2. The van der Waals surface area contributed by atoms with Crippen molar-refractivity contribution in [1.82, 2.24) is 0 Å². The van der Waals surface area contributed by atoms with Crippen LogP contribution in [-0.2, 0) is 9.53 Å². The number of ether oxygens (including phenoxy) is 1. The summed E-state index contributed by atoms with van der Waals surface area (Å²) in [7, 11) is 0. The van der Waals surface area contributed by atoms with Crippen molar-refractivity contribution in [3.63, 3.8) is 0 Å². The molecule has 11 heavy (non-hydrogen) atoms. The second-order valence-electron chi connectivity index (χ2n) is 2.26. The van der Waals surface area contributed by atoms with Gasteiger partial charge in [0.2, 0.25) is 0 Å². The molecule has 0 saturated carbocycles. The molecule has 1 atom stereocenters. The third-order valence-electron chi connectivity index (χ3n) is 1.16. The highest BCUT2D eigenvalue weighted by atomic mass is 16.5. The highest BCUT2D eigenvalue weighted by molar-refractivity contribution is 5.81. The monoisotopic (exact) mass is 158 g/mol. The van der Waals surface area contributed by atoms with E-state index in [0.717, 1.165) is 0 Å². The summed E-state index contributed by atoms with van der Waals surface area (Å²) in [5.74, 6) is -0.353. The van der Waals surface area contributed by atoms with E-state index in [4.69, 9.17) is 9.84 Å². The van der Waals surface area contributed by atoms with Gasteiger partial charge in [0.15, 0.2) is 0 Å². The summed E-state index contributed by atoms with van der Waals surface area (Å²) in [6, 6.07) is 0. The van der Waals surface area contributed by atoms with Crippen molar-refractivity contribution >= 4 is 5.97 Å². The standard InChI is InChI=1S/C8H14O3/c1-3-4-8(10)11-7(2)5-6-9/h3-4,7,9H,5-6H2,1-2H3/b4-3-. The van der Waals surface area contributed by atoms with Crippen LogP contribution in [0, 0.1) is 0 Å². The van der Waals surface area contributed by atoms with Crippen molar-refractivity contribution in [2.75, 3.05) is 6.61 Å². The molecule has 0 rings (SSSR count). The van der Waals surface area contributed by atoms with E-state index < -0.39 is 0 Å². The van der Waals surface area contributed by atoms with Gasteiger partial charge in [0.1, 0.15) is 6.10 Å². The molecule has 1 unspecified atom stereocenters. The van der Waals surface area contributed by atoms with Crippen molar-refractivity contribution in [3.8, 4) is 0 Å². The second-order valence-corrected chi connectivity index (χ2v) is 2.26. The number of hydrogen-bond acceptors (Lipinski definition) is 3. The Labute approximate surface area is 66.7 Å². The van der Waals surface area contributed by atoms with E-state index in [1.165, 1.54) is 6.08 Å². The Balaban J connectivity index is 3.57. The van der Waals surface area contributed by atoms with E-state index in [1.54, 1.807) is 19.9 Å². The Morgan fingerprint density at radius 3 is 2.82 bits per heavy atom. The summed E-state index contributed by atoms with van der Waals surface area (Å²) >= 11 is 0. The molecule has 0 radical (unpaired) electrons. The second kappa shape index (κ2) is 5.92.